The molecule has 4 heteroatoms. The summed E-state index contributed by atoms with van der Waals surface area (Å²) in [5, 5.41) is 23.3. The van der Waals surface area contributed by atoms with Crippen LogP contribution in [0.5, 0.6) is 0 Å². The average Bonchev–Trinajstić information content (AvgIpc) is 3.47. The lowest BCUT2D eigenvalue weighted by Crippen LogP contribution is -2.45. The van der Waals surface area contributed by atoms with Crippen LogP contribution >= 0.6 is 0 Å². The van der Waals surface area contributed by atoms with Crippen LogP contribution in [-0.4, -0.2) is 34.9 Å². The molecule has 0 aromatic heterocycles. The first-order chi connectivity index (χ1) is 40.2. The van der Waals surface area contributed by atoms with Gasteiger partial charge in [0, 0.05) is 6.42 Å². The zero-order valence-electron chi connectivity index (χ0n) is 53.0. The molecule has 0 aromatic carbocycles. The van der Waals surface area contributed by atoms with E-state index in [1.807, 2.05) is 6.08 Å². The Morgan fingerprint density at radius 3 is 0.815 bits per heavy atom. The predicted octanol–water partition coefficient (Wildman–Crippen LogP) is 23.6. The van der Waals surface area contributed by atoms with Crippen LogP contribution in [0.25, 0.3) is 0 Å². The van der Waals surface area contributed by atoms with Gasteiger partial charge in [-0.2, -0.15) is 0 Å². The highest BCUT2D eigenvalue weighted by atomic mass is 16.3. The molecule has 0 aliphatic rings. The van der Waals surface area contributed by atoms with Gasteiger partial charge in [0.25, 0.3) is 0 Å². The Kier molecular flexibility index (Phi) is 66.8. The lowest BCUT2D eigenvalue weighted by Gasteiger charge is -2.20. The van der Waals surface area contributed by atoms with Crippen molar-refractivity contribution in [3.8, 4) is 0 Å². The van der Waals surface area contributed by atoms with E-state index in [-0.39, 0.29) is 12.5 Å². The van der Waals surface area contributed by atoms with E-state index in [2.05, 4.69) is 165 Å². The molecule has 3 N–H and O–H groups in total. The van der Waals surface area contributed by atoms with E-state index < -0.39 is 12.1 Å². The van der Waals surface area contributed by atoms with Gasteiger partial charge in [-0.25, -0.2) is 0 Å². The number of hydrogen-bond donors (Lipinski definition) is 3. The first kappa shape index (κ1) is 77.0. The number of rotatable bonds is 61. The fourth-order valence-corrected chi connectivity index (χ4v) is 9.63. The smallest absolute Gasteiger partial charge is 0.220 e. The SMILES string of the molecule is CC/C=C\C/C=C\C/C=C\C/C=C\C/C=C\C/C=C\C/C=C\C/C=C\C/C=C\C/C=C\C/C=C\C/C=C\CCCCCCC(=O)NC(CO)C(O)/C=C/CCCCCCCCCCCCCCCCCCCCCCCCCCCC. The van der Waals surface area contributed by atoms with Gasteiger partial charge in [0.15, 0.2) is 0 Å². The maximum atomic E-state index is 12.5. The Hall–Kier alpha value is -3.99. The second-order valence-corrected chi connectivity index (χ2v) is 22.5. The minimum atomic E-state index is -0.863. The Bertz CT molecular complexity index is 1690. The second kappa shape index (κ2) is 70.3. The van der Waals surface area contributed by atoms with E-state index in [9.17, 15) is 15.0 Å². The fraction of sp³-hybridized carbons (Fsp3) is 0.649. The molecule has 0 radical (unpaired) electrons. The molecule has 4 nitrogen and oxygen atoms in total. The monoisotopic (exact) mass is 1120 g/mol. The van der Waals surface area contributed by atoms with Gasteiger partial charge in [-0.1, -0.05) is 345 Å². The molecule has 0 aromatic rings. The first-order valence-corrected chi connectivity index (χ1v) is 34.2. The van der Waals surface area contributed by atoms with E-state index in [4.69, 9.17) is 0 Å². The van der Waals surface area contributed by atoms with Gasteiger partial charge in [0.2, 0.25) is 5.91 Å². The largest absolute Gasteiger partial charge is 0.394 e. The normalized spacial score (nSPS) is 13.8. The number of amides is 1. The van der Waals surface area contributed by atoms with Crippen LogP contribution in [0.1, 0.15) is 303 Å². The van der Waals surface area contributed by atoms with Crippen LogP contribution in [0.15, 0.2) is 158 Å². The highest BCUT2D eigenvalue weighted by molar-refractivity contribution is 5.76. The van der Waals surface area contributed by atoms with Crippen LogP contribution in [0, 0.1) is 0 Å². The summed E-state index contributed by atoms with van der Waals surface area (Å²) in [6.45, 7) is 4.20. The molecule has 0 aliphatic heterocycles. The van der Waals surface area contributed by atoms with Crippen LogP contribution in [0.3, 0.4) is 0 Å². The van der Waals surface area contributed by atoms with Crippen molar-refractivity contribution in [3.05, 3.63) is 158 Å². The van der Waals surface area contributed by atoms with Crippen molar-refractivity contribution in [1.29, 1.82) is 0 Å². The number of carbonyl (C=O) groups excluding carboxylic acids is 1. The lowest BCUT2D eigenvalue weighted by molar-refractivity contribution is -0.123. The van der Waals surface area contributed by atoms with Gasteiger partial charge in [0.05, 0.1) is 18.8 Å². The van der Waals surface area contributed by atoms with Crippen molar-refractivity contribution >= 4 is 5.91 Å². The van der Waals surface area contributed by atoms with Gasteiger partial charge in [-0.3, -0.25) is 4.79 Å². The third-order valence-corrected chi connectivity index (χ3v) is 14.8. The van der Waals surface area contributed by atoms with Crippen LogP contribution in [0.2, 0.25) is 0 Å². The van der Waals surface area contributed by atoms with E-state index in [0.29, 0.717) is 6.42 Å². The van der Waals surface area contributed by atoms with Crippen molar-refractivity contribution in [1.82, 2.24) is 5.32 Å². The number of aliphatic hydroxyl groups excluding tert-OH is 2. The summed E-state index contributed by atoms with van der Waals surface area (Å²) in [6, 6.07) is -0.650. The number of carbonyl (C=O) groups is 1. The quantitative estimate of drug-likeness (QED) is 0.0420. The Balaban J connectivity index is 3.65. The second-order valence-electron chi connectivity index (χ2n) is 22.5. The Morgan fingerprint density at radius 1 is 0.309 bits per heavy atom. The van der Waals surface area contributed by atoms with Crippen molar-refractivity contribution < 1.29 is 15.0 Å². The molecule has 0 fully saturated rings. The summed E-state index contributed by atoms with van der Waals surface area (Å²) in [5.74, 6) is -0.0916. The number of unbranched alkanes of at least 4 members (excludes halogenated alkanes) is 30. The lowest BCUT2D eigenvalue weighted by atomic mass is 10.0. The molecule has 1 amide bonds. The molecule has 2 atom stereocenters. The third kappa shape index (κ3) is 66.7. The fourth-order valence-electron chi connectivity index (χ4n) is 9.63. The molecule has 0 spiro atoms. The van der Waals surface area contributed by atoms with E-state index in [0.717, 1.165) is 122 Å². The number of hydrogen-bond acceptors (Lipinski definition) is 3. The predicted molar refractivity (Wildman–Crippen MR) is 363 cm³/mol. The van der Waals surface area contributed by atoms with E-state index >= 15 is 0 Å². The first-order valence-electron chi connectivity index (χ1n) is 34.2. The molecule has 81 heavy (non-hydrogen) atoms. The summed E-state index contributed by atoms with van der Waals surface area (Å²) >= 11 is 0. The van der Waals surface area contributed by atoms with Crippen LogP contribution < -0.4 is 5.32 Å². The van der Waals surface area contributed by atoms with E-state index in [1.165, 1.54) is 161 Å². The summed E-state index contributed by atoms with van der Waals surface area (Å²) in [4.78, 5) is 12.5. The molecular formula is C77H129NO3. The van der Waals surface area contributed by atoms with Gasteiger partial charge in [-0.15, -0.1) is 0 Å². The van der Waals surface area contributed by atoms with E-state index in [1.54, 1.807) is 6.08 Å². The Morgan fingerprint density at radius 2 is 0.543 bits per heavy atom. The molecule has 0 rings (SSSR count). The number of aliphatic hydroxyl groups is 2. The molecule has 0 aliphatic carbocycles. The molecule has 0 saturated carbocycles. The summed E-state index contributed by atoms with van der Waals surface area (Å²) in [5.41, 5.74) is 0. The summed E-state index contributed by atoms with van der Waals surface area (Å²) in [7, 11) is 0. The van der Waals surface area contributed by atoms with Gasteiger partial charge in [0.1, 0.15) is 0 Å². The summed E-state index contributed by atoms with van der Waals surface area (Å²) < 4.78 is 0. The zero-order valence-corrected chi connectivity index (χ0v) is 53.0. The van der Waals surface area contributed by atoms with Gasteiger partial charge >= 0.3 is 0 Å². The zero-order chi connectivity index (χ0) is 58.4. The van der Waals surface area contributed by atoms with Crippen LogP contribution in [-0.2, 0) is 4.79 Å². The third-order valence-electron chi connectivity index (χ3n) is 14.8. The van der Waals surface area contributed by atoms with Crippen LogP contribution in [0.4, 0.5) is 0 Å². The molecule has 0 bridgehead atoms. The molecular weight excluding hydrogens is 987 g/mol. The van der Waals surface area contributed by atoms with Gasteiger partial charge < -0.3 is 15.5 Å². The maximum Gasteiger partial charge on any atom is 0.220 e. The average molecular weight is 1120 g/mol. The minimum absolute atomic E-state index is 0.0916. The van der Waals surface area contributed by atoms with Crippen molar-refractivity contribution in [2.24, 2.45) is 0 Å². The highest BCUT2D eigenvalue weighted by Crippen LogP contribution is 2.17. The maximum absolute atomic E-state index is 12.5. The Labute approximate surface area is 503 Å². The standard InChI is InChI=1S/C77H129NO3/c1-3-5-7-9-11-13-15-17-19-21-23-25-27-29-31-33-34-35-36-37-38-39-40-41-42-43-44-45-47-49-51-53-55-57-59-61-63-65-67-69-71-73-77(81)78-75(74-79)76(80)72-70-68-66-64-62-60-58-56-54-52-50-48-46-32-30-28-26-24-22-20-18-16-14-12-10-8-6-4-2/h5,7,11,13,17,19,23,25,29,31,34-35,37-38,40-41,43-44,47,49,53,55,59,61,70,72,75-76,79-80H,3-4,6,8-10,12,14-16,18,20-22,24,26-28,30,32-33,36,39,42,45-46,48,50-52,54,56-58,60,62-69,71,73-74H2,1-2H3,(H,78,81)/b7-5-,13-11-,19-17-,25-23-,31-29-,35-34-,38-37-,41-40-,44-43-,49-47-,55-53-,61-59-,72-70+. The topological polar surface area (TPSA) is 69.6 Å². The number of allylic oxidation sites excluding steroid dienone is 25. The molecule has 2 unspecified atom stereocenters. The molecule has 0 heterocycles. The van der Waals surface area contributed by atoms with Crippen molar-refractivity contribution in [2.75, 3.05) is 6.61 Å². The van der Waals surface area contributed by atoms with Gasteiger partial charge in [-0.05, 0) is 109 Å². The highest BCUT2D eigenvalue weighted by Gasteiger charge is 2.18. The van der Waals surface area contributed by atoms with Crippen molar-refractivity contribution in [2.45, 2.75) is 315 Å². The minimum Gasteiger partial charge on any atom is -0.394 e. The van der Waals surface area contributed by atoms with Crippen molar-refractivity contribution in [3.63, 3.8) is 0 Å². The number of nitrogens with one attached hydrogen (secondary N) is 1. The summed E-state index contributed by atoms with van der Waals surface area (Å²) in [6.07, 6.45) is 112. The molecule has 0 saturated heterocycles. The molecule has 460 valence electrons.